The van der Waals surface area contributed by atoms with Gasteiger partial charge in [0.25, 0.3) is 0 Å². The highest BCUT2D eigenvalue weighted by Gasteiger charge is 2.04. The molecule has 0 heterocycles. The van der Waals surface area contributed by atoms with Crippen LogP contribution in [0.25, 0.3) is 0 Å². The molecule has 2 aromatic carbocycles. The molecule has 0 unspecified atom stereocenters. The van der Waals surface area contributed by atoms with E-state index in [4.69, 9.17) is 11.6 Å². The van der Waals surface area contributed by atoms with Gasteiger partial charge in [0.15, 0.2) is 0 Å². The van der Waals surface area contributed by atoms with E-state index in [1.807, 2.05) is 31.1 Å². The molecule has 2 rings (SSSR count). The van der Waals surface area contributed by atoms with Crippen LogP contribution in [0.15, 0.2) is 42.5 Å². The number of hydrogen-bond acceptors (Lipinski definition) is 2. The summed E-state index contributed by atoms with van der Waals surface area (Å²) < 4.78 is 0. The van der Waals surface area contributed by atoms with Gasteiger partial charge in [0.05, 0.1) is 10.7 Å². The molecule has 0 spiro atoms. The van der Waals surface area contributed by atoms with Crippen LogP contribution in [-0.4, -0.2) is 14.1 Å². The van der Waals surface area contributed by atoms with Crippen LogP contribution in [0, 0.1) is 0 Å². The van der Waals surface area contributed by atoms with Gasteiger partial charge in [0.2, 0.25) is 0 Å². The molecule has 0 aliphatic heterocycles. The molecule has 0 amide bonds. The normalized spacial score (nSPS) is 10.4. The minimum absolute atomic E-state index is 0.767. The summed E-state index contributed by atoms with van der Waals surface area (Å²) in [5, 5.41) is 4.21. The Kier molecular flexibility index (Phi) is 4.91. The lowest BCUT2D eigenvalue weighted by Crippen LogP contribution is -2.09. The molecule has 106 valence electrons. The third kappa shape index (κ3) is 3.45. The zero-order chi connectivity index (χ0) is 14.5. The molecule has 0 aromatic heterocycles. The molecule has 3 heteroatoms. The average Bonchev–Trinajstić information content (AvgIpc) is 2.45. The Bertz CT molecular complexity index is 579. The fourth-order valence-electron chi connectivity index (χ4n) is 2.25. The van der Waals surface area contributed by atoms with Crippen LogP contribution in [0.3, 0.4) is 0 Å². The smallest absolute Gasteiger partial charge is 0.0659 e. The summed E-state index contributed by atoms with van der Waals surface area (Å²) in [5.41, 5.74) is 4.80. The van der Waals surface area contributed by atoms with Gasteiger partial charge in [-0.25, -0.2) is 0 Å². The molecule has 0 fully saturated rings. The molecule has 1 N–H and O–H groups in total. The van der Waals surface area contributed by atoms with Crippen molar-refractivity contribution in [3.8, 4) is 0 Å². The number of halogens is 1. The predicted octanol–water partition coefficient (Wildman–Crippen LogP) is 4.58. The molecule has 20 heavy (non-hydrogen) atoms. The van der Waals surface area contributed by atoms with E-state index in [1.54, 1.807) is 0 Å². The molecule has 0 saturated carbocycles. The van der Waals surface area contributed by atoms with Crippen LogP contribution >= 0.6 is 11.6 Å². The number of hydrogen-bond donors (Lipinski definition) is 1. The molecule has 0 bridgehead atoms. The minimum atomic E-state index is 0.767. The van der Waals surface area contributed by atoms with Crippen LogP contribution in [0.5, 0.6) is 0 Å². The second-order valence-corrected chi connectivity index (χ2v) is 5.44. The topological polar surface area (TPSA) is 15.3 Å². The van der Waals surface area contributed by atoms with Crippen LogP contribution in [0.2, 0.25) is 5.02 Å². The van der Waals surface area contributed by atoms with Crippen molar-refractivity contribution < 1.29 is 0 Å². The minimum Gasteiger partial charge on any atom is -0.381 e. The van der Waals surface area contributed by atoms with Crippen molar-refractivity contribution in [2.24, 2.45) is 0 Å². The molecule has 2 aromatic rings. The lowest BCUT2D eigenvalue weighted by molar-refractivity contribution is 1.04. The third-order valence-corrected chi connectivity index (χ3v) is 3.71. The van der Waals surface area contributed by atoms with Crippen molar-refractivity contribution in [1.29, 1.82) is 0 Å². The van der Waals surface area contributed by atoms with Gasteiger partial charge in [-0.3, -0.25) is 0 Å². The van der Waals surface area contributed by atoms with Crippen molar-refractivity contribution >= 4 is 23.0 Å². The zero-order valence-electron chi connectivity index (χ0n) is 12.3. The summed E-state index contributed by atoms with van der Waals surface area (Å²) in [7, 11) is 3.98. The Morgan fingerprint density at radius 1 is 1.05 bits per heavy atom. The van der Waals surface area contributed by atoms with Gasteiger partial charge in [-0.2, -0.15) is 0 Å². The standard InChI is InChI=1S/C17H21ClN2/c1-4-13-7-5-6-8-14(13)12-19-15-9-10-17(20(2)3)16(18)11-15/h5-11,19H,4,12H2,1-3H3. The van der Waals surface area contributed by atoms with E-state index < -0.39 is 0 Å². The van der Waals surface area contributed by atoms with Crippen molar-refractivity contribution in [1.82, 2.24) is 0 Å². The van der Waals surface area contributed by atoms with Gasteiger partial charge in [0.1, 0.15) is 0 Å². The van der Waals surface area contributed by atoms with Gasteiger partial charge < -0.3 is 10.2 Å². The molecule has 0 atom stereocenters. The molecular weight excluding hydrogens is 268 g/mol. The number of aryl methyl sites for hydroxylation is 1. The summed E-state index contributed by atoms with van der Waals surface area (Å²) in [6, 6.07) is 14.6. The first-order chi connectivity index (χ1) is 9.61. The Labute approximate surface area is 126 Å². The Balaban J connectivity index is 2.09. The van der Waals surface area contributed by atoms with Crippen LogP contribution < -0.4 is 10.2 Å². The second kappa shape index (κ2) is 6.67. The number of nitrogens with zero attached hydrogens (tertiary/aromatic N) is 1. The fraction of sp³-hybridized carbons (Fsp3) is 0.294. The average molecular weight is 289 g/mol. The van der Waals surface area contributed by atoms with E-state index in [2.05, 4.69) is 42.6 Å². The molecule has 0 aliphatic carbocycles. The largest absolute Gasteiger partial charge is 0.381 e. The van der Waals surface area contributed by atoms with Crippen LogP contribution in [-0.2, 0) is 13.0 Å². The number of rotatable bonds is 5. The van der Waals surface area contributed by atoms with Gasteiger partial charge in [-0.05, 0) is 35.7 Å². The number of nitrogens with one attached hydrogen (secondary N) is 1. The Morgan fingerprint density at radius 3 is 2.35 bits per heavy atom. The van der Waals surface area contributed by atoms with E-state index in [0.29, 0.717) is 0 Å². The summed E-state index contributed by atoms with van der Waals surface area (Å²) in [4.78, 5) is 2.01. The van der Waals surface area contributed by atoms with Crippen LogP contribution in [0.4, 0.5) is 11.4 Å². The first-order valence-electron chi connectivity index (χ1n) is 6.89. The molecule has 2 nitrogen and oxygen atoms in total. The maximum Gasteiger partial charge on any atom is 0.0659 e. The van der Waals surface area contributed by atoms with Crippen LogP contribution in [0.1, 0.15) is 18.1 Å². The lowest BCUT2D eigenvalue weighted by Gasteiger charge is -2.16. The SMILES string of the molecule is CCc1ccccc1CNc1ccc(N(C)C)c(Cl)c1. The molecule has 0 aliphatic rings. The highest BCUT2D eigenvalue weighted by Crippen LogP contribution is 2.27. The summed E-state index contributed by atoms with van der Waals surface area (Å²) in [6.07, 6.45) is 1.05. The quantitative estimate of drug-likeness (QED) is 0.866. The third-order valence-electron chi connectivity index (χ3n) is 3.41. The highest BCUT2D eigenvalue weighted by atomic mass is 35.5. The number of benzene rings is 2. The Morgan fingerprint density at radius 2 is 1.75 bits per heavy atom. The highest BCUT2D eigenvalue weighted by molar-refractivity contribution is 6.33. The van der Waals surface area contributed by atoms with Gasteiger partial charge in [-0.1, -0.05) is 42.8 Å². The summed E-state index contributed by atoms with van der Waals surface area (Å²) in [6.45, 7) is 3.00. The van der Waals surface area contributed by atoms with E-state index in [-0.39, 0.29) is 0 Å². The summed E-state index contributed by atoms with van der Waals surface area (Å²) >= 11 is 6.28. The van der Waals surface area contributed by atoms with E-state index in [9.17, 15) is 0 Å². The van der Waals surface area contributed by atoms with Gasteiger partial charge in [-0.15, -0.1) is 0 Å². The Hall–Kier alpha value is -1.67. The van der Waals surface area contributed by atoms with E-state index in [1.165, 1.54) is 11.1 Å². The molecule has 0 saturated heterocycles. The van der Waals surface area contributed by atoms with Crippen molar-refractivity contribution in [3.05, 3.63) is 58.6 Å². The monoisotopic (exact) mass is 288 g/mol. The second-order valence-electron chi connectivity index (χ2n) is 5.04. The van der Waals surface area contributed by atoms with Crippen molar-refractivity contribution in [2.45, 2.75) is 19.9 Å². The lowest BCUT2D eigenvalue weighted by atomic mass is 10.1. The first kappa shape index (κ1) is 14.7. The maximum absolute atomic E-state index is 6.28. The fourth-order valence-corrected chi connectivity index (χ4v) is 2.60. The van der Waals surface area contributed by atoms with Gasteiger partial charge in [0, 0.05) is 26.3 Å². The molecular formula is C17H21ClN2. The predicted molar refractivity (Wildman–Crippen MR) is 88.9 cm³/mol. The first-order valence-corrected chi connectivity index (χ1v) is 7.27. The van der Waals surface area contributed by atoms with Crippen molar-refractivity contribution in [2.75, 3.05) is 24.3 Å². The number of anilines is 2. The molecule has 0 radical (unpaired) electrons. The summed E-state index contributed by atoms with van der Waals surface area (Å²) in [5.74, 6) is 0. The van der Waals surface area contributed by atoms with E-state index >= 15 is 0 Å². The van der Waals surface area contributed by atoms with Gasteiger partial charge >= 0.3 is 0 Å². The zero-order valence-corrected chi connectivity index (χ0v) is 13.0. The van der Waals surface area contributed by atoms with Crippen molar-refractivity contribution in [3.63, 3.8) is 0 Å². The van der Waals surface area contributed by atoms with E-state index in [0.717, 1.165) is 29.4 Å². The maximum atomic E-state index is 6.28.